The first kappa shape index (κ1) is 20.3. The quantitative estimate of drug-likeness (QED) is 0.513. The van der Waals surface area contributed by atoms with Crippen molar-refractivity contribution in [2.45, 2.75) is 27.7 Å². The van der Waals surface area contributed by atoms with Gasteiger partial charge in [-0.1, -0.05) is 12.1 Å². The van der Waals surface area contributed by atoms with E-state index in [1.807, 2.05) is 58.0 Å². The van der Waals surface area contributed by atoms with Gasteiger partial charge in [0, 0.05) is 18.7 Å². The van der Waals surface area contributed by atoms with Gasteiger partial charge in [0.05, 0.1) is 13.2 Å². The fourth-order valence-electron chi connectivity index (χ4n) is 2.96. The lowest BCUT2D eigenvalue weighted by molar-refractivity contribution is -0.126. The lowest BCUT2D eigenvalue weighted by atomic mass is 10.0. The number of benzene rings is 2. The van der Waals surface area contributed by atoms with Crippen LogP contribution in [-0.4, -0.2) is 37.1 Å². The monoisotopic (exact) mass is 366 g/mol. The molecule has 0 saturated heterocycles. The van der Waals surface area contributed by atoms with Crippen molar-refractivity contribution in [2.75, 3.05) is 26.3 Å². The molecule has 0 fully saturated rings. The van der Waals surface area contributed by atoms with Crippen molar-refractivity contribution in [1.82, 2.24) is 4.90 Å². The minimum Gasteiger partial charge on any atom is -0.494 e. The van der Waals surface area contributed by atoms with Crippen molar-refractivity contribution in [3.63, 3.8) is 0 Å². The molecule has 2 aromatic carbocycles. The maximum absolute atomic E-state index is 12.7. The average molecular weight is 366 g/mol. The molecule has 142 valence electrons. The highest BCUT2D eigenvalue weighted by molar-refractivity contribution is 6.05. The zero-order valence-electron chi connectivity index (χ0n) is 16.4. The van der Waals surface area contributed by atoms with Gasteiger partial charge in [0.2, 0.25) is 0 Å². The summed E-state index contributed by atoms with van der Waals surface area (Å²) < 4.78 is 11.4. The molecule has 0 saturated carbocycles. The molecule has 0 unspecified atom stereocenters. The van der Waals surface area contributed by atoms with Crippen LogP contribution in [0, 0.1) is 11.3 Å². The van der Waals surface area contributed by atoms with E-state index in [4.69, 9.17) is 9.47 Å². The Kier molecular flexibility index (Phi) is 7.25. The molecule has 0 aromatic heterocycles. The molecule has 5 nitrogen and oxygen atoms in total. The van der Waals surface area contributed by atoms with E-state index < -0.39 is 0 Å². The molecule has 27 heavy (non-hydrogen) atoms. The molecule has 0 radical (unpaired) electrons. The second-order valence-corrected chi connectivity index (χ2v) is 5.87. The Hall–Kier alpha value is -3.00. The Morgan fingerprint density at radius 1 is 1.07 bits per heavy atom. The normalized spacial score (nSPS) is 11.1. The third-order valence-electron chi connectivity index (χ3n) is 4.30. The van der Waals surface area contributed by atoms with Crippen molar-refractivity contribution in [2.24, 2.45) is 0 Å². The number of carbonyl (C=O) groups excluding carboxylic acids is 1. The van der Waals surface area contributed by atoms with E-state index in [0.29, 0.717) is 37.6 Å². The molecule has 0 spiro atoms. The number of hydrogen-bond donors (Lipinski definition) is 0. The molecule has 0 atom stereocenters. The Bertz CT molecular complexity index is 872. The van der Waals surface area contributed by atoms with Crippen LogP contribution in [-0.2, 0) is 4.79 Å². The summed E-state index contributed by atoms with van der Waals surface area (Å²) in [5.41, 5.74) is 0.807. The zero-order chi connectivity index (χ0) is 19.8. The van der Waals surface area contributed by atoms with Gasteiger partial charge in [-0.25, -0.2) is 0 Å². The molecule has 0 aliphatic rings. The number of nitriles is 1. The third-order valence-corrected chi connectivity index (χ3v) is 4.30. The Labute approximate surface area is 160 Å². The largest absolute Gasteiger partial charge is 0.494 e. The first-order chi connectivity index (χ1) is 13.1. The maximum atomic E-state index is 12.7. The molecule has 0 aliphatic heterocycles. The Balaban J connectivity index is 2.68. The predicted molar refractivity (Wildman–Crippen MR) is 108 cm³/mol. The van der Waals surface area contributed by atoms with Crippen LogP contribution in [0.25, 0.3) is 16.8 Å². The Morgan fingerprint density at radius 2 is 1.74 bits per heavy atom. The number of fused-ring (bicyclic) bond motifs is 1. The average Bonchev–Trinajstić information content (AvgIpc) is 2.68. The fraction of sp³-hybridized carbons (Fsp3) is 0.364. The zero-order valence-corrected chi connectivity index (χ0v) is 16.4. The van der Waals surface area contributed by atoms with Gasteiger partial charge in [-0.3, -0.25) is 4.79 Å². The van der Waals surface area contributed by atoms with Gasteiger partial charge in [0.1, 0.15) is 23.1 Å². The topological polar surface area (TPSA) is 62.6 Å². The summed E-state index contributed by atoms with van der Waals surface area (Å²) in [6, 6.07) is 11.7. The van der Waals surface area contributed by atoms with Crippen molar-refractivity contribution in [1.29, 1.82) is 5.26 Å². The Morgan fingerprint density at radius 3 is 2.33 bits per heavy atom. The molecule has 0 bridgehead atoms. The lowest BCUT2D eigenvalue weighted by Crippen LogP contribution is -2.31. The second kappa shape index (κ2) is 9.63. The van der Waals surface area contributed by atoms with Gasteiger partial charge in [0.25, 0.3) is 5.91 Å². The first-order valence-corrected chi connectivity index (χ1v) is 9.32. The number of amides is 1. The molecule has 2 rings (SSSR count). The van der Waals surface area contributed by atoms with E-state index in [2.05, 4.69) is 6.07 Å². The third kappa shape index (κ3) is 4.59. The SMILES string of the molecule is CCOc1ccc2ccc(OCC)c(/C=C(/C#N)C(=O)N(CC)CC)c2c1. The van der Waals surface area contributed by atoms with Gasteiger partial charge in [-0.2, -0.15) is 5.26 Å². The van der Waals surface area contributed by atoms with E-state index in [0.717, 1.165) is 16.5 Å². The van der Waals surface area contributed by atoms with Crippen LogP contribution in [0.4, 0.5) is 0 Å². The van der Waals surface area contributed by atoms with Crippen molar-refractivity contribution < 1.29 is 14.3 Å². The van der Waals surface area contributed by atoms with Gasteiger partial charge in [0.15, 0.2) is 0 Å². The summed E-state index contributed by atoms with van der Waals surface area (Å²) in [7, 11) is 0. The standard InChI is InChI=1S/C22H26N2O3/c1-5-24(6-2)22(25)17(15-23)13-20-19-14-18(26-7-3)11-9-16(19)10-12-21(20)27-8-4/h9-14H,5-8H2,1-4H3/b17-13-. The molecule has 0 N–H and O–H groups in total. The number of ether oxygens (including phenoxy) is 2. The highest BCUT2D eigenvalue weighted by Crippen LogP contribution is 2.33. The summed E-state index contributed by atoms with van der Waals surface area (Å²) in [5.74, 6) is 1.10. The van der Waals surface area contributed by atoms with Gasteiger partial charge >= 0.3 is 0 Å². The van der Waals surface area contributed by atoms with Crippen LogP contribution in [0.1, 0.15) is 33.3 Å². The molecule has 2 aromatic rings. The summed E-state index contributed by atoms with van der Waals surface area (Å²) in [6.07, 6.45) is 1.63. The van der Waals surface area contributed by atoms with Crippen LogP contribution in [0.5, 0.6) is 11.5 Å². The first-order valence-electron chi connectivity index (χ1n) is 9.32. The summed E-state index contributed by atoms with van der Waals surface area (Å²) in [4.78, 5) is 14.3. The molecular formula is C22H26N2O3. The highest BCUT2D eigenvalue weighted by atomic mass is 16.5. The predicted octanol–water partition coefficient (Wildman–Crippen LogP) is 4.41. The molecule has 0 aliphatic carbocycles. The van der Waals surface area contributed by atoms with Crippen molar-refractivity contribution >= 4 is 22.8 Å². The van der Waals surface area contributed by atoms with Crippen LogP contribution in [0.15, 0.2) is 35.9 Å². The number of hydrogen-bond acceptors (Lipinski definition) is 4. The van der Waals surface area contributed by atoms with Crippen molar-refractivity contribution in [3.05, 3.63) is 41.5 Å². The number of likely N-dealkylation sites (N-methyl/N-ethyl adjacent to an activating group) is 1. The fourth-order valence-corrected chi connectivity index (χ4v) is 2.96. The van der Waals surface area contributed by atoms with Crippen LogP contribution in [0.2, 0.25) is 0 Å². The van der Waals surface area contributed by atoms with E-state index in [-0.39, 0.29) is 11.5 Å². The van der Waals surface area contributed by atoms with E-state index in [1.165, 1.54) is 0 Å². The van der Waals surface area contributed by atoms with Crippen molar-refractivity contribution in [3.8, 4) is 17.6 Å². The maximum Gasteiger partial charge on any atom is 0.264 e. The van der Waals surface area contributed by atoms with E-state index in [9.17, 15) is 10.1 Å². The summed E-state index contributed by atoms with van der Waals surface area (Å²) in [5, 5.41) is 11.5. The molecule has 0 heterocycles. The molecule has 1 amide bonds. The summed E-state index contributed by atoms with van der Waals surface area (Å²) in [6.45, 7) is 9.78. The lowest BCUT2D eigenvalue weighted by Gasteiger charge is -2.18. The minimum absolute atomic E-state index is 0.0916. The highest BCUT2D eigenvalue weighted by Gasteiger charge is 2.17. The van der Waals surface area contributed by atoms with Crippen LogP contribution >= 0.6 is 0 Å². The molecule has 5 heteroatoms. The molecular weight excluding hydrogens is 340 g/mol. The smallest absolute Gasteiger partial charge is 0.264 e. The van der Waals surface area contributed by atoms with Crippen LogP contribution in [0.3, 0.4) is 0 Å². The minimum atomic E-state index is -0.275. The number of rotatable bonds is 8. The second-order valence-electron chi connectivity index (χ2n) is 5.87. The number of nitrogens with zero attached hydrogens (tertiary/aromatic N) is 2. The van der Waals surface area contributed by atoms with E-state index in [1.54, 1.807) is 11.0 Å². The van der Waals surface area contributed by atoms with Gasteiger partial charge < -0.3 is 14.4 Å². The number of carbonyl (C=O) groups is 1. The van der Waals surface area contributed by atoms with Gasteiger partial charge in [-0.15, -0.1) is 0 Å². The summed E-state index contributed by atoms with van der Waals surface area (Å²) >= 11 is 0. The van der Waals surface area contributed by atoms with Gasteiger partial charge in [-0.05, 0) is 62.7 Å². The van der Waals surface area contributed by atoms with Crippen LogP contribution < -0.4 is 9.47 Å². The van der Waals surface area contributed by atoms with E-state index >= 15 is 0 Å².